The van der Waals surface area contributed by atoms with Gasteiger partial charge in [0.1, 0.15) is 11.5 Å². The molecule has 1 aromatic rings. The number of ether oxygens (including phenoxy) is 2. The van der Waals surface area contributed by atoms with Gasteiger partial charge in [-0.05, 0) is 25.3 Å². The van der Waals surface area contributed by atoms with E-state index in [1.54, 1.807) is 26.0 Å². The standard InChI is InChI=1S/C12H21NO3S/c1-9(12(14-2)15-3)13-7-10-5-6-11(16-10)8-17-4/h5-6,9,12-13H,7-8H2,1-4H3. The molecule has 1 unspecified atom stereocenters. The third-order valence-corrected chi connectivity index (χ3v) is 3.05. The van der Waals surface area contributed by atoms with Gasteiger partial charge in [0.25, 0.3) is 0 Å². The molecule has 0 fully saturated rings. The summed E-state index contributed by atoms with van der Waals surface area (Å²) in [5, 5.41) is 3.31. The molecule has 0 aliphatic rings. The molecule has 0 amide bonds. The Morgan fingerprint density at radius 3 is 2.53 bits per heavy atom. The largest absolute Gasteiger partial charge is 0.464 e. The molecule has 0 aromatic carbocycles. The molecule has 0 spiro atoms. The average Bonchev–Trinajstić information content (AvgIpc) is 2.76. The van der Waals surface area contributed by atoms with Crippen LogP contribution in [-0.2, 0) is 21.8 Å². The van der Waals surface area contributed by atoms with Crippen molar-refractivity contribution in [3.05, 3.63) is 23.7 Å². The van der Waals surface area contributed by atoms with Crippen molar-refractivity contribution in [2.75, 3.05) is 20.5 Å². The first kappa shape index (κ1) is 14.6. The fraction of sp³-hybridized carbons (Fsp3) is 0.667. The van der Waals surface area contributed by atoms with E-state index < -0.39 is 0 Å². The highest BCUT2D eigenvalue weighted by Gasteiger charge is 2.15. The first-order chi connectivity index (χ1) is 8.21. The molecule has 1 heterocycles. The Morgan fingerprint density at radius 1 is 1.29 bits per heavy atom. The van der Waals surface area contributed by atoms with E-state index in [2.05, 4.69) is 11.6 Å². The van der Waals surface area contributed by atoms with E-state index in [0.29, 0.717) is 6.54 Å². The van der Waals surface area contributed by atoms with Gasteiger partial charge >= 0.3 is 0 Å². The van der Waals surface area contributed by atoms with Crippen molar-refractivity contribution < 1.29 is 13.9 Å². The second-order valence-electron chi connectivity index (χ2n) is 3.81. The molecule has 5 heteroatoms. The monoisotopic (exact) mass is 259 g/mol. The van der Waals surface area contributed by atoms with E-state index in [4.69, 9.17) is 13.9 Å². The second kappa shape index (κ2) is 7.76. The summed E-state index contributed by atoms with van der Waals surface area (Å²) in [6, 6.07) is 4.13. The van der Waals surface area contributed by atoms with Crippen molar-refractivity contribution in [3.8, 4) is 0 Å². The Labute approximate surface area is 107 Å². The summed E-state index contributed by atoms with van der Waals surface area (Å²) in [7, 11) is 3.27. The van der Waals surface area contributed by atoms with Crippen LogP contribution in [0, 0.1) is 0 Å². The molecule has 0 aliphatic carbocycles. The number of hydrogen-bond acceptors (Lipinski definition) is 5. The highest BCUT2D eigenvalue weighted by Crippen LogP contribution is 2.13. The zero-order chi connectivity index (χ0) is 12.7. The molecule has 0 bridgehead atoms. The minimum absolute atomic E-state index is 0.110. The average molecular weight is 259 g/mol. The Morgan fingerprint density at radius 2 is 1.94 bits per heavy atom. The van der Waals surface area contributed by atoms with Gasteiger partial charge in [0.05, 0.1) is 18.3 Å². The van der Waals surface area contributed by atoms with Gasteiger partial charge in [-0.1, -0.05) is 0 Å². The summed E-state index contributed by atoms with van der Waals surface area (Å²) in [6.07, 6.45) is 1.82. The smallest absolute Gasteiger partial charge is 0.171 e. The predicted octanol–water partition coefficient (Wildman–Crippen LogP) is 2.24. The van der Waals surface area contributed by atoms with Gasteiger partial charge in [0.15, 0.2) is 6.29 Å². The van der Waals surface area contributed by atoms with Crippen LogP contribution in [0.3, 0.4) is 0 Å². The van der Waals surface area contributed by atoms with Crippen LogP contribution < -0.4 is 5.32 Å². The van der Waals surface area contributed by atoms with Gasteiger partial charge in [0.2, 0.25) is 0 Å². The lowest BCUT2D eigenvalue weighted by atomic mass is 10.3. The molecule has 4 nitrogen and oxygen atoms in total. The molecule has 0 saturated carbocycles. The van der Waals surface area contributed by atoms with Crippen LogP contribution in [0.15, 0.2) is 16.5 Å². The zero-order valence-electron chi connectivity index (χ0n) is 10.9. The van der Waals surface area contributed by atoms with E-state index >= 15 is 0 Å². The number of hydrogen-bond donors (Lipinski definition) is 1. The van der Waals surface area contributed by atoms with E-state index in [-0.39, 0.29) is 12.3 Å². The molecule has 17 heavy (non-hydrogen) atoms. The molecule has 98 valence electrons. The third-order valence-electron chi connectivity index (χ3n) is 2.48. The van der Waals surface area contributed by atoms with Crippen LogP contribution in [0.25, 0.3) is 0 Å². The summed E-state index contributed by atoms with van der Waals surface area (Å²) in [6.45, 7) is 2.70. The molecule has 1 N–H and O–H groups in total. The van der Waals surface area contributed by atoms with Gasteiger partial charge in [-0.3, -0.25) is 0 Å². The maximum absolute atomic E-state index is 5.66. The molecule has 1 aromatic heterocycles. The van der Waals surface area contributed by atoms with Crippen molar-refractivity contribution in [3.63, 3.8) is 0 Å². The predicted molar refractivity (Wildman–Crippen MR) is 70.0 cm³/mol. The van der Waals surface area contributed by atoms with Crippen LogP contribution >= 0.6 is 11.8 Å². The minimum atomic E-state index is -0.240. The van der Waals surface area contributed by atoms with E-state index in [0.717, 1.165) is 17.3 Å². The van der Waals surface area contributed by atoms with Gasteiger partial charge in [-0.2, -0.15) is 11.8 Å². The molecule has 1 atom stereocenters. The summed E-state index contributed by atoms with van der Waals surface area (Å²) in [4.78, 5) is 0. The fourth-order valence-electron chi connectivity index (χ4n) is 1.60. The van der Waals surface area contributed by atoms with Crippen LogP contribution in [-0.4, -0.2) is 32.8 Å². The minimum Gasteiger partial charge on any atom is -0.464 e. The van der Waals surface area contributed by atoms with Crippen LogP contribution in [0.4, 0.5) is 0 Å². The van der Waals surface area contributed by atoms with E-state index in [1.807, 2.05) is 19.1 Å². The fourth-order valence-corrected chi connectivity index (χ4v) is 2.04. The van der Waals surface area contributed by atoms with Gasteiger partial charge < -0.3 is 19.2 Å². The Balaban J connectivity index is 2.38. The van der Waals surface area contributed by atoms with Gasteiger partial charge in [-0.25, -0.2) is 0 Å². The van der Waals surface area contributed by atoms with Crippen molar-refractivity contribution in [1.82, 2.24) is 5.32 Å². The summed E-state index contributed by atoms with van der Waals surface area (Å²) in [5.74, 6) is 2.86. The van der Waals surface area contributed by atoms with Gasteiger partial charge in [0, 0.05) is 14.2 Å². The number of methoxy groups -OCH3 is 2. The Kier molecular flexibility index (Phi) is 6.65. The van der Waals surface area contributed by atoms with Crippen LogP contribution in [0.1, 0.15) is 18.4 Å². The molecule has 0 aliphatic heterocycles. The Hall–Kier alpha value is -0.490. The first-order valence-electron chi connectivity index (χ1n) is 5.56. The number of rotatable bonds is 8. The van der Waals surface area contributed by atoms with Crippen LogP contribution in [0.5, 0.6) is 0 Å². The van der Waals surface area contributed by atoms with Crippen molar-refractivity contribution in [2.45, 2.75) is 31.6 Å². The molecular weight excluding hydrogens is 238 g/mol. The first-order valence-corrected chi connectivity index (χ1v) is 6.96. The highest BCUT2D eigenvalue weighted by atomic mass is 32.2. The summed E-state index contributed by atoms with van der Waals surface area (Å²) < 4.78 is 16.0. The SMILES string of the molecule is COC(OC)C(C)NCc1ccc(CSC)o1. The second-order valence-corrected chi connectivity index (χ2v) is 4.68. The molecule has 0 saturated heterocycles. The third kappa shape index (κ3) is 4.71. The number of thioether (sulfide) groups is 1. The van der Waals surface area contributed by atoms with Crippen LogP contribution in [0.2, 0.25) is 0 Å². The zero-order valence-corrected chi connectivity index (χ0v) is 11.7. The Bertz CT molecular complexity index is 312. The lowest BCUT2D eigenvalue weighted by molar-refractivity contribution is -0.119. The van der Waals surface area contributed by atoms with Crippen molar-refractivity contribution >= 4 is 11.8 Å². The maximum Gasteiger partial charge on any atom is 0.171 e. The lowest BCUT2D eigenvalue weighted by Gasteiger charge is -2.21. The molecule has 0 radical (unpaired) electrons. The molecule has 1 rings (SSSR count). The van der Waals surface area contributed by atoms with Crippen molar-refractivity contribution in [2.24, 2.45) is 0 Å². The lowest BCUT2D eigenvalue weighted by Crippen LogP contribution is -2.39. The quantitative estimate of drug-likeness (QED) is 0.725. The van der Waals surface area contributed by atoms with Crippen molar-refractivity contribution in [1.29, 1.82) is 0 Å². The molecular formula is C12H21NO3S. The highest BCUT2D eigenvalue weighted by molar-refractivity contribution is 7.97. The normalized spacial score (nSPS) is 13.2. The number of nitrogens with one attached hydrogen (secondary N) is 1. The summed E-state index contributed by atoms with van der Waals surface area (Å²) in [5.41, 5.74) is 0. The summed E-state index contributed by atoms with van der Waals surface area (Å²) >= 11 is 1.75. The topological polar surface area (TPSA) is 43.6 Å². The number of furan rings is 1. The maximum atomic E-state index is 5.66. The van der Waals surface area contributed by atoms with Gasteiger partial charge in [-0.15, -0.1) is 0 Å². The van der Waals surface area contributed by atoms with E-state index in [1.165, 1.54) is 0 Å². The van der Waals surface area contributed by atoms with E-state index in [9.17, 15) is 0 Å².